The van der Waals surface area contributed by atoms with Gasteiger partial charge in [0.25, 0.3) is 11.8 Å². The smallest absolute Gasteiger partial charge is 0.260 e. The molecule has 9 nitrogen and oxygen atoms in total. The molecule has 0 saturated carbocycles. The first-order valence-electron chi connectivity index (χ1n) is 10.1. The monoisotopic (exact) mass is 416 g/mol. The standard InChI is InChI=1S/C21H28N4O5/c1-16(26)25(12-10-19-22-20(14-28-2)30-23-19)17-7-6-11-24(13-17)21(27)15-29-18-8-4-3-5-9-18/h3-5,8-9,17H,6-7,10-15H2,1-2H3. The Hall–Kier alpha value is -2.94. The Kier molecular flexibility index (Phi) is 7.78. The summed E-state index contributed by atoms with van der Waals surface area (Å²) in [6, 6.07) is 9.22. The van der Waals surface area contributed by atoms with E-state index in [1.807, 2.05) is 30.3 Å². The lowest BCUT2D eigenvalue weighted by atomic mass is 10.0. The number of aromatic nitrogens is 2. The maximum Gasteiger partial charge on any atom is 0.260 e. The molecule has 2 heterocycles. The number of rotatable bonds is 9. The normalized spacial score (nSPS) is 16.3. The molecule has 0 spiro atoms. The fourth-order valence-electron chi connectivity index (χ4n) is 3.58. The summed E-state index contributed by atoms with van der Waals surface area (Å²) in [5.74, 6) is 1.51. The number of carbonyl (C=O) groups excluding carboxylic acids is 2. The van der Waals surface area contributed by atoms with Crippen LogP contribution in [0.1, 0.15) is 31.5 Å². The number of hydrogen-bond acceptors (Lipinski definition) is 7. The van der Waals surface area contributed by atoms with E-state index in [4.69, 9.17) is 14.0 Å². The van der Waals surface area contributed by atoms with Crippen LogP contribution < -0.4 is 4.74 Å². The SMILES string of the molecule is COCc1nc(CCN(C(C)=O)C2CCCN(C(=O)COc3ccccc3)C2)no1. The summed E-state index contributed by atoms with van der Waals surface area (Å²) in [5.41, 5.74) is 0. The van der Waals surface area contributed by atoms with Gasteiger partial charge in [-0.15, -0.1) is 0 Å². The number of para-hydroxylation sites is 1. The van der Waals surface area contributed by atoms with Crippen molar-refractivity contribution < 1.29 is 23.6 Å². The molecule has 30 heavy (non-hydrogen) atoms. The topological polar surface area (TPSA) is 98.0 Å². The van der Waals surface area contributed by atoms with E-state index >= 15 is 0 Å². The van der Waals surface area contributed by atoms with E-state index in [1.54, 1.807) is 23.8 Å². The highest BCUT2D eigenvalue weighted by Crippen LogP contribution is 2.18. The Bertz CT molecular complexity index is 826. The molecule has 0 N–H and O–H groups in total. The summed E-state index contributed by atoms with van der Waals surface area (Å²) in [5, 5.41) is 3.92. The van der Waals surface area contributed by atoms with Gasteiger partial charge >= 0.3 is 0 Å². The fraction of sp³-hybridized carbons (Fsp3) is 0.524. The molecule has 2 aromatic rings. The number of amides is 2. The zero-order valence-electron chi connectivity index (χ0n) is 17.5. The molecular formula is C21H28N4O5. The maximum absolute atomic E-state index is 12.6. The van der Waals surface area contributed by atoms with Crippen LogP contribution >= 0.6 is 0 Å². The van der Waals surface area contributed by atoms with Crippen LogP contribution in [0.4, 0.5) is 0 Å². The zero-order chi connectivity index (χ0) is 21.3. The molecule has 1 aliphatic heterocycles. The lowest BCUT2D eigenvalue weighted by molar-refractivity contribution is -0.139. The third kappa shape index (κ3) is 6.03. The van der Waals surface area contributed by atoms with Crippen molar-refractivity contribution in [1.29, 1.82) is 0 Å². The number of nitrogens with zero attached hydrogens (tertiary/aromatic N) is 4. The summed E-state index contributed by atoms with van der Waals surface area (Å²) in [6.45, 7) is 3.43. The van der Waals surface area contributed by atoms with E-state index in [-0.39, 0.29) is 31.1 Å². The minimum Gasteiger partial charge on any atom is -0.484 e. The predicted molar refractivity (Wildman–Crippen MR) is 108 cm³/mol. The molecular weight excluding hydrogens is 388 g/mol. The molecule has 162 valence electrons. The van der Waals surface area contributed by atoms with Gasteiger partial charge in [0.15, 0.2) is 12.4 Å². The first-order chi connectivity index (χ1) is 14.6. The number of carbonyl (C=O) groups is 2. The molecule has 1 unspecified atom stereocenters. The van der Waals surface area contributed by atoms with Gasteiger partial charge in [-0.25, -0.2) is 0 Å². The van der Waals surface area contributed by atoms with Crippen LogP contribution in [0.5, 0.6) is 5.75 Å². The quantitative estimate of drug-likeness (QED) is 0.613. The second-order valence-corrected chi connectivity index (χ2v) is 7.24. The van der Waals surface area contributed by atoms with Gasteiger partial charge in [0.2, 0.25) is 5.91 Å². The van der Waals surface area contributed by atoms with Crippen LogP contribution in [0.25, 0.3) is 0 Å². The number of likely N-dealkylation sites (tertiary alicyclic amines) is 1. The van der Waals surface area contributed by atoms with Gasteiger partial charge in [-0.1, -0.05) is 23.4 Å². The largest absolute Gasteiger partial charge is 0.484 e. The average Bonchev–Trinajstić information content (AvgIpc) is 3.20. The van der Waals surface area contributed by atoms with Gasteiger partial charge in [-0.3, -0.25) is 9.59 Å². The van der Waals surface area contributed by atoms with Crippen LogP contribution in [0.2, 0.25) is 0 Å². The maximum atomic E-state index is 12.6. The molecule has 1 atom stereocenters. The molecule has 0 aliphatic carbocycles. The minimum absolute atomic E-state index is 0.0120. The van der Waals surface area contributed by atoms with Crippen molar-refractivity contribution in [2.24, 2.45) is 0 Å². The highest BCUT2D eigenvalue weighted by molar-refractivity contribution is 5.78. The molecule has 1 fully saturated rings. The highest BCUT2D eigenvalue weighted by atomic mass is 16.5. The number of piperidine rings is 1. The third-order valence-corrected chi connectivity index (χ3v) is 5.05. The van der Waals surface area contributed by atoms with E-state index in [2.05, 4.69) is 10.1 Å². The molecule has 1 aromatic carbocycles. The Morgan fingerprint density at radius 2 is 2.10 bits per heavy atom. The zero-order valence-corrected chi connectivity index (χ0v) is 17.5. The number of methoxy groups -OCH3 is 1. The Morgan fingerprint density at radius 1 is 1.30 bits per heavy atom. The average molecular weight is 416 g/mol. The third-order valence-electron chi connectivity index (χ3n) is 5.05. The molecule has 2 amide bonds. The van der Waals surface area contributed by atoms with Gasteiger partial charge in [0.05, 0.1) is 0 Å². The van der Waals surface area contributed by atoms with E-state index in [0.717, 1.165) is 12.8 Å². The van der Waals surface area contributed by atoms with Crippen molar-refractivity contribution >= 4 is 11.8 Å². The van der Waals surface area contributed by atoms with Crippen LogP contribution in [0, 0.1) is 0 Å². The molecule has 9 heteroatoms. The summed E-state index contributed by atoms with van der Waals surface area (Å²) in [4.78, 5) is 32.7. The van der Waals surface area contributed by atoms with Crippen molar-refractivity contribution in [3.05, 3.63) is 42.0 Å². The second kappa shape index (κ2) is 10.7. The van der Waals surface area contributed by atoms with Gasteiger partial charge in [-0.2, -0.15) is 4.98 Å². The summed E-state index contributed by atoms with van der Waals surface area (Å²) in [6.07, 6.45) is 2.17. The fourth-order valence-corrected chi connectivity index (χ4v) is 3.58. The van der Waals surface area contributed by atoms with Gasteiger partial charge in [0, 0.05) is 46.1 Å². The first-order valence-corrected chi connectivity index (χ1v) is 10.1. The van der Waals surface area contributed by atoms with E-state index < -0.39 is 0 Å². The van der Waals surface area contributed by atoms with Crippen LogP contribution in [-0.4, -0.2) is 71.1 Å². The summed E-state index contributed by atoms with van der Waals surface area (Å²) >= 11 is 0. The molecule has 0 radical (unpaired) electrons. The van der Waals surface area contributed by atoms with Crippen molar-refractivity contribution in [2.45, 2.75) is 38.8 Å². The first kappa shape index (κ1) is 21.8. The van der Waals surface area contributed by atoms with Gasteiger partial charge in [-0.05, 0) is 25.0 Å². The van der Waals surface area contributed by atoms with Gasteiger partial charge in [0.1, 0.15) is 12.4 Å². The van der Waals surface area contributed by atoms with Crippen molar-refractivity contribution in [3.63, 3.8) is 0 Å². The summed E-state index contributed by atoms with van der Waals surface area (Å²) in [7, 11) is 1.56. The Labute approximate surface area is 175 Å². The molecule has 1 aliphatic rings. The van der Waals surface area contributed by atoms with E-state index in [9.17, 15) is 9.59 Å². The molecule has 1 aromatic heterocycles. The van der Waals surface area contributed by atoms with Crippen molar-refractivity contribution in [1.82, 2.24) is 19.9 Å². The second-order valence-electron chi connectivity index (χ2n) is 7.24. The number of hydrogen-bond donors (Lipinski definition) is 0. The lowest BCUT2D eigenvalue weighted by Gasteiger charge is -2.39. The van der Waals surface area contributed by atoms with Crippen LogP contribution in [0.3, 0.4) is 0 Å². The number of ether oxygens (including phenoxy) is 2. The lowest BCUT2D eigenvalue weighted by Crippen LogP contribution is -2.52. The van der Waals surface area contributed by atoms with Crippen molar-refractivity contribution in [2.75, 3.05) is 33.4 Å². The summed E-state index contributed by atoms with van der Waals surface area (Å²) < 4.78 is 15.7. The predicted octanol–water partition coefficient (Wildman–Crippen LogP) is 1.68. The molecule has 0 bridgehead atoms. The number of benzene rings is 1. The molecule has 1 saturated heterocycles. The van der Waals surface area contributed by atoms with E-state index in [1.165, 1.54) is 0 Å². The van der Waals surface area contributed by atoms with Crippen LogP contribution in [-0.2, 0) is 27.4 Å². The highest BCUT2D eigenvalue weighted by Gasteiger charge is 2.29. The van der Waals surface area contributed by atoms with Crippen molar-refractivity contribution in [3.8, 4) is 5.75 Å². The molecule has 3 rings (SSSR count). The Morgan fingerprint density at radius 3 is 2.83 bits per heavy atom. The van der Waals surface area contributed by atoms with Crippen LogP contribution in [0.15, 0.2) is 34.9 Å². The minimum atomic E-state index is -0.0746. The van der Waals surface area contributed by atoms with Gasteiger partial charge < -0.3 is 23.8 Å². The Balaban J connectivity index is 1.53. The van der Waals surface area contributed by atoms with E-state index in [0.29, 0.717) is 43.5 Å².